The van der Waals surface area contributed by atoms with Crippen LogP contribution in [0.2, 0.25) is 0 Å². The minimum Gasteiger partial charge on any atom is -0.443 e. The van der Waals surface area contributed by atoms with E-state index >= 15 is 0 Å². The number of amides is 1. The maximum absolute atomic E-state index is 13.5. The number of allylic oxidation sites excluding steroid dienone is 4. The summed E-state index contributed by atoms with van der Waals surface area (Å²) < 4.78 is 85.0. The lowest BCUT2D eigenvalue weighted by atomic mass is 10.1. The number of alkyl halides is 3. The highest BCUT2D eigenvalue weighted by Gasteiger charge is 2.41. The molecule has 3 aromatic rings. The molecule has 206 valence electrons. The number of halogens is 4. The summed E-state index contributed by atoms with van der Waals surface area (Å²) in [4.78, 5) is 24.0. The Morgan fingerprint density at radius 3 is 2.74 bits per heavy atom. The van der Waals surface area contributed by atoms with E-state index in [2.05, 4.69) is 27.0 Å². The van der Waals surface area contributed by atoms with Gasteiger partial charge >= 0.3 is 6.18 Å². The van der Waals surface area contributed by atoms with Crippen LogP contribution in [0.25, 0.3) is 16.5 Å². The molecule has 2 aromatic heterocycles. The van der Waals surface area contributed by atoms with Crippen molar-refractivity contribution < 1.29 is 35.2 Å². The minimum absolute atomic E-state index is 0.0756. The Morgan fingerprint density at radius 2 is 2.03 bits per heavy atom. The molecule has 1 N–H and O–H groups in total. The van der Waals surface area contributed by atoms with Crippen molar-refractivity contribution in [3.05, 3.63) is 71.7 Å². The average Bonchev–Trinajstić information content (AvgIpc) is 3.55. The van der Waals surface area contributed by atoms with Gasteiger partial charge in [0.25, 0.3) is 10.0 Å². The van der Waals surface area contributed by atoms with Gasteiger partial charge in [0.1, 0.15) is 29.5 Å². The number of hydrogen-bond acceptors (Lipinski definition) is 7. The Morgan fingerprint density at radius 1 is 1.26 bits per heavy atom. The van der Waals surface area contributed by atoms with Crippen LogP contribution in [0.15, 0.2) is 69.0 Å². The van der Waals surface area contributed by atoms with Crippen LogP contribution >= 0.6 is 0 Å². The molecule has 39 heavy (non-hydrogen) atoms. The number of benzene rings is 1. The van der Waals surface area contributed by atoms with Crippen LogP contribution in [0, 0.1) is 5.82 Å². The minimum atomic E-state index is -4.65. The molecule has 1 aromatic carbocycles. The molecule has 0 radical (unpaired) electrons. The predicted molar refractivity (Wildman–Crippen MR) is 134 cm³/mol. The fourth-order valence-corrected chi connectivity index (χ4v) is 5.66. The van der Waals surface area contributed by atoms with Crippen LogP contribution in [-0.2, 0) is 21.4 Å². The van der Waals surface area contributed by atoms with E-state index in [9.17, 15) is 30.8 Å². The van der Waals surface area contributed by atoms with Crippen molar-refractivity contribution in [3.63, 3.8) is 0 Å². The maximum atomic E-state index is 13.5. The molecule has 1 atom stereocenters. The summed E-state index contributed by atoms with van der Waals surface area (Å²) >= 11 is 0. The van der Waals surface area contributed by atoms with Crippen molar-refractivity contribution in [1.82, 2.24) is 19.6 Å². The third kappa shape index (κ3) is 6.23. The van der Waals surface area contributed by atoms with E-state index in [1.807, 2.05) is 0 Å². The molecular formula is C25H23F4N5O4S. The Kier molecular flexibility index (Phi) is 7.97. The van der Waals surface area contributed by atoms with Gasteiger partial charge in [-0.25, -0.2) is 22.8 Å². The second kappa shape index (κ2) is 11.1. The average molecular weight is 566 g/mol. The highest BCUT2D eigenvalue weighted by molar-refractivity contribution is 7.89. The van der Waals surface area contributed by atoms with Crippen molar-refractivity contribution in [2.75, 3.05) is 6.54 Å². The van der Waals surface area contributed by atoms with Gasteiger partial charge in [0.2, 0.25) is 11.0 Å². The molecule has 14 heteroatoms. The monoisotopic (exact) mass is 565 g/mol. The third-order valence-electron chi connectivity index (χ3n) is 6.05. The summed E-state index contributed by atoms with van der Waals surface area (Å²) in [5, 5.41) is 2.55. The second-order valence-electron chi connectivity index (χ2n) is 8.69. The SMILES string of the molecule is C=N/C(=C\C=C(/C)c1cc(CNC(=O)[C@@H]2CCCN2S(=O)(=O)c2cc3cc(F)ccc3o2)ncn1)C(F)(F)F. The molecule has 0 unspecified atom stereocenters. The van der Waals surface area contributed by atoms with Gasteiger partial charge in [-0.15, -0.1) is 0 Å². The van der Waals surface area contributed by atoms with E-state index in [0.717, 1.165) is 22.5 Å². The number of nitrogens with one attached hydrogen (secondary N) is 1. The lowest BCUT2D eigenvalue weighted by Gasteiger charge is -2.22. The molecule has 4 rings (SSSR count). The maximum Gasteiger partial charge on any atom is 0.433 e. The Balaban J connectivity index is 1.46. The smallest absolute Gasteiger partial charge is 0.433 e. The molecular weight excluding hydrogens is 542 g/mol. The van der Waals surface area contributed by atoms with Gasteiger partial charge in [-0.05, 0) is 62.4 Å². The molecule has 1 amide bonds. The van der Waals surface area contributed by atoms with Crippen molar-refractivity contribution in [1.29, 1.82) is 0 Å². The first-order valence-corrected chi connectivity index (χ1v) is 13.1. The Labute approximate surface area is 221 Å². The summed E-state index contributed by atoms with van der Waals surface area (Å²) in [6, 6.07) is 5.34. The number of nitrogens with zero attached hydrogens (tertiary/aromatic N) is 4. The Bertz CT molecular complexity index is 1580. The number of carbonyl (C=O) groups excluding carboxylic acids is 1. The largest absolute Gasteiger partial charge is 0.443 e. The summed E-state index contributed by atoms with van der Waals surface area (Å²) in [6.07, 6.45) is -0.757. The van der Waals surface area contributed by atoms with Gasteiger partial charge in [0.15, 0.2) is 0 Å². The zero-order valence-corrected chi connectivity index (χ0v) is 21.4. The zero-order valence-electron chi connectivity index (χ0n) is 20.6. The van der Waals surface area contributed by atoms with E-state index < -0.39 is 39.7 Å². The molecule has 0 aliphatic carbocycles. The van der Waals surface area contributed by atoms with E-state index in [-0.39, 0.29) is 35.6 Å². The van der Waals surface area contributed by atoms with E-state index in [1.165, 1.54) is 30.6 Å². The number of hydrogen-bond donors (Lipinski definition) is 1. The van der Waals surface area contributed by atoms with Crippen LogP contribution < -0.4 is 5.32 Å². The van der Waals surface area contributed by atoms with Gasteiger partial charge < -0.3 is 9.73 Å². The van der Waals surface area contributed by atoms with Gasteiger partial charge in [0.05, 0.1) is 17.9 Å². The lowest BCUT2D eigenvalue weighted by molar-refractivity contribution is -0.124. The lowest BCUT2D eigenvalue weighted by Crippen LogP contribution is -2.45. The molecule has 3 heterocycles. The quantitative estimate of drug-likeness (QED) is 0.246. The zero-order chi connectivity index (χ0) is 28.4. The second-order valence-corrected chi connectivity index (χ2v) is 10.5. The first-order chi connectivity index (χ1) is 18.4. The number of sulfonamides is 1. The molecule has 9 nitrogen and oxygen atoms in total. The number of aliphatic imine (C=N–C) groups is 1. The fourth-order valence-electron chi connectivity index (χ4n) is 4.05. The van der Waals surface area contributed by atoms with Crippen LogP contribution in [0.1, 0.15) is 31.2 Å². The van der Waals surface area contributed by atoms with Crippen LogP contribution in [0.3, 0.4) is 0 Å². The van der Waals surface area contributed by atoms with Crippen LogP contribution in [-0.4, -0.2) is 54.1 Å². The van der Waals surface area contributed by atoms with Crippen molar-refractivity contribution in [2.24, 2.45) is 4.99 Å². The van der Waals surface area contributed by atoms with Crippen LogP contribution in [0.5, 0.6) is 0 Å². The standard InChI is InChI=1S/C25H23F4N5O4S/c1-15(5-8-22(30-2)25(27,28)29)19-12-18(32-14-33-19)13-31-24(35)20-4-3-9-34(20)39(36,37)23-11-16-10-17(26)6-7-21(16)38-23/h5-8,10-12,14,20H,2-4,9,13H2,1H3,(H,31,35)/b15-5+,22-8-/t20-/m0/s1. The topological polar surface area (TPSA) is 118 Å². The molecule has 0 spiro atoms. The van der Waals surface area contributed by atoms with E-state index in [1.54, 1.807) is 6.92 Å². The number of carbonyl (C=O) groups is 1. The van der Waals surface area contributed by atoms with E-state index in [4.69, 9.17) is 4.42 Å². The summed E-state index contributed by atoms with van der Waals surface area (Å²) in [6.45, 7) is 4.49. The summed E-state index contributed by atoms with van der Waals surface area (Å²) in [5.41, 5.74) is 0.102. The molecule has 0 bridgehead atoms. The summed E-state index contributed by atoms with van der Waals surface area (Å²) in [7, 11) is -4.18. The Hall–Kier alpha value is -3.91. The predicted octanol–water partition coefficient (Wildman–Crippen LogP) is 4.38. The van der Waals surface area contributed by atoms with Crippen molar-refractivity contribution in [2.45, 2.75) is 43.6 Å². The van der Waals surface area contributed by atoms with Gasteiger partial charge in [-0.3, -0.25) is 9.79 Å². The van der Waals surface area contributed by atoms with Gasteiger partial charge in [0, 0.05) is 18.0 Å². The molecule has 0 saturated carbocycles. The van der Waals surface area contributed by atoms with Crippen molar-refractivity contribution >= 4 is 39.2 Å². The summed E-state index contributed by atoms with van der Waals surface area (Å²) in [5.74, 6) is -1.10. The normalized spacial score (nSPS) is 17.5. The number of rotatable bonds is 8. The van der Waals surface area contributed by atoms with Crippen molar-refractivity contribution in [3.8, 4) is 0 Å². The molecule has 1 fully saturated rings. The number of furan rings is 1. The first-order valence-electron chi connectivity index (χ1n) is 11.6. The highest BCUT2D eigenvalue weighted by Crippen LogP contribution is 2.31. The molecule has 1 aliphatic rings. The molecule has 1 aliphatic heterocycles. The third-order valence-corrected chi connectivity index (χ3v) is 7.81. The van der Waals surface area contributed by atoms with Crippen LogP contribution in [0.4, 0.5) is 17.6 Å². The van der Waals surface area contributed by atoms with E-state index in [0.29, 0.717) is 23.4 Å². The molecule has 1 saturated heterocycles. The highest BCUT2D eigenvalue weighted by atomic mass is 32.2. The number of fused-ring (bicyclic) bond motifs is 1. The van der Waals surface area contributed by atoms with Gasteiger partial charge in [-0.2, -0.15) is 17.5 Å². The number of aromatic nitrogens is 2. The first kappa shape index (κ1) is 28.1. The fraction of sp³-hybridized carbons (Fsp3) is 0.280. The van der Waals surface area contributed by atoms with Gasteiger partial charge in [-0.1, -0.05) is 6.08 Å².